The van der Waals surface area contributed by atoms with Gasteiger partial charge >= 0.3 is 12.1 Å². The minimum absolute atomic E-state index is 0.187. The Balaban J connectivity index is 1.87. The first kappa shape index (κ1) is 24.4. The molecule has 1 aromatic carbocycles. The van der Waals surface area contributed by atoms with E-state index >= 15 is 0 Å². The maximum atomic E-state index is 13.1. The van der Waals surface area contributed by atoms with Crippen LogP contribution in [0.15, 0.2) is 33.0 Å². The fourth-order valence-corrected chi connectivity index (χ4v) is 3.90. The Morgan fingerprint density at radius 1 is 1.24 bits per heavy atom. The van der Waals surface area contributed by atoms with Crippen molar-refractivity contribution in [3.63, 3.8) is 0 Å². The summed E-state index contributed by atoms with van der Waals surface area (Å²) in [5, 5.41) is 5.26. The van der Waals surface area contributed by atoms with E-state index in [-0.39, 0.29) is 12.0 Å². The fraction of sp³-hybridized carbons (Fsp3) is 0.417. The van der Waals surface area contributed by atoms with Crippen molar-refractivity contribution in [2.24, 2.45) is 0 Å². The Labute approximate surface area is 195 Å². The topological polar surface area (TPSA) is 108 Å². The average molecular weight is 473 g/mol. The van der Waals surface area contributed by atoms with Crippen LogP contribution in [-0.4, -0.2) is 29.2 Å². The molecule has 8 nitrogen and oxygen atoms in total. The number of rotatable bonds is 7. The number of aryl methyl sites for hydroxylation is 2. The smallest absolute Gasteiger partial charge is 0.408 e. The van der Waals surface area contributed by atoms with Gasteiger partial charge in [-0.2, -0.15) is 0 Å². The molecule has 0 aliphatic rings. The number of esters is 1. The molecule has 0 spiro atoms. The second-order valence-electron chi connectivity index (χ2n) is 8.66. The monoisotopic (exact) mass is 472 g/mol. The van der Waals surface area contributed by atoms with Gasteiger partial charge in [0, 0.05) is 17.1 Å². The van der Waals surface area contributed by atoms with Gasteiger partial charge in [-0.3, -0.25) is 4.79 Å². The van der Waals surface area contributed by atoms with Crippen molar-refractivity contribution < 1.29 is 23.5 Å². The Kier molecular flexibility index (Phi) is 7.53. The van der Waals surface area contributed by atoms with Crippen molar-refractivity contribution in [3.8, 4) is 16.3 Å². The van der Waals surface area contributed by atoms with Crippen LogP contribution in [0, 0.1) is 6.92 Å². The van der Waals surface area contributed by atoms with Crippen molar-refractivity contribution in [2.75, 3.05) is 6.54 Å². The summed E-state index contributed by atoms with van der Waals surface area (Å²) in [6.07, 6.45) is 3.07. The summed E-state index contributed by atoms with van der Waals surface area (Å²) in [6.45, 7) is 8.75. The number of carbonyl (C=O) groups is 2. The first-order chi connectivity index (χ1) is 15.6. The zero-order valence-electron chi connectivity index (χ0n) is 19.4. The van der Waals surface area contributed by atoms with E-state index in [1.54, 1.807) is 32.9 Å². The van der Waals surface area contributed by atoms with Crippen LogP contribution >= 0.6 is 11.3 Å². The molecule has 0 saturated heterocycles. The number of unbranched alkanes of at least 4 members (excludes halogenated alkanes) is 1. The first-order valence-corrected chi connectivity index (χ1v) is 11.6. The lowest BCUT2D eigenvalue weighted by atomic mass is 10.0. The minimum Gasteiger partial charge on any atom is -0.463 e. The van der Waals surface area contributed by atoms with Gasteiger partial charge in [-0.05, 0) is 52.2 Å². The minimum atomic E-state index is -0.708. The lowest BCUT2D eigenvalue weighted by molar-refractivity contribution is -0.133. The fourth-order valence-electron chi connectivity index (χ4n) is 3.10. The second-order valence-corrected chi connectivity index (χ2v) is 9.52. The van der Waals surface area contributed by atoms with Crippen LogP contribution in [0.3, 0.4) is 0 Å². The summed E-state index contributed by atoms with van der Waals surface area (Å²) < 4.78 is 16.3. The molecular weight excluding hydrogens is 444 g/mol. The number of hydrogen-bond donors (Lipinski definition) is 1. The third-order valence-electron chi connectivity index (χ3n) is 4.60. The molecule has 1 N–H and O–H groups in total. The van der Waals surface area contributed by atoms with Gasteiger partial charge in [0.25, 0.3) is 0 Å². The predicted molar refractivity (Wildman–Crippen MR) is 127 cm³/mol. The molecule has 0 radical (unpaired) electrons. The van der Waals surface area contributed by atoms with Gasteiger partial charge in [-0.1, -0.05) is 13.3 Å². The van der Waals surface area contributed by atoms with Crippen molar-refractivity contribution in [3.05, 3.63) is 45.3 Å². The van der Waals surface area contributed by atoms with Crippen molar-refractivity contribution in [1.82, 2.24) is 10.3 Å². The quantitative estimate of drug-likeness (QED) is 0.381. The standard InChI is InChI=1S/C24H28N2O6S/c1-6-7-8-15-9-16-19(30-12-17(21(16)28)22-26-14(2)13-33-22)10-18(15)31-20(27)11-25-23(29)32-24(3,4)5/h9-10,12-13H,6-8,11H2,1-5H3,(H,25,29). The summed E-state index contributed by atoms with van der Waals surface area (Å²) in [5.41, 5.74) is 1.39. The normalized spacial score (nSPS) is 11.4. The number of benzene rings is 1. The van der Waals surface area contributed by atoms with Gasteiger partial charge in [-0.15, -0.1) is 11.3 Å². The van der Waals surface area contributed by atoms with E-state index in [0.29, 0.717) is 33.7 Å². The van der Waals surface area contributed by atoms with Crippen molar-refractivity contribution in [2.45, 2.75) is 59.5 Å². The number of nitrogens with one attached hydrogen (secondary N) is 1. The Morgan fingerprint density at radius 2 is 2.00 bits per heavy atom. The van der Waals surface area contributed by atoms with Gasteiger partial charge in [-0.25, -0.2) is 14.6 Å². The summed E-state index contributed by atoms with van der Waals surface area (Å²) in [7, 11) is 0. The van der Waals surface area contributed by atoms with Gasteiger partial charge in [0.05, 0.1) is 10.9 Å². The van der Waals surface area contributed by atoms with E-state index in [0.717, 1.165) is 24.1 Å². The lowest BCUT2D eigenvalue weighted by Gasteiger charge is -2.19. The summed E-state index contributed by atoms with van der Waals surface area (Å²) >= 11 is 1.38. The molecule has 0 unspecified atom stereocenters. The number of thiazole rings is 1. The van der Waals surface area contributed by atoms with Crippen LogP contribution in [0.5, 0.6) is 5.75 Å². The maximum Gasteiger partial charge on any atom is 0.408 e. The van der Waals surface area contributed by atoms with E-state index < -0.39 is 17.7 Å². The van der Waals surface area contributed by atoms with Crippen LogP contribution in [0.4, 0.5) is 4.79 Å². The molecule has 9 heteroatoms. The molecule has 1 amide bonds. The molecule has 0 atom stereocenters. The highest BCUT2D eigenvalue weighted by atomic mass is 32.1. The predicted octanol–water partition coefficient (Wildman–Crippen LogP) is 5.00. The zero-order valence-corrected chi connectivity index (χ0v) is 20.3. The number of ether oxygens (including phenoxy) is 2. The summed E-state index contributed by atoms with van der Waals surface area (Å²) in [5.74, 6) is -0.358. The first-order valence-electron chi connectivity index (χ1n) is 10.8. The maximum absolute atomic E-state index is 13.1. The van der Waals surface area contributed by atoms with E-state index in [1.165, 1.54) is 17.6 Å². The largest absolute Gasteiger partial charge is 0.463 e. The molecule has 3 rings (SSSR count). The van der Waals surface area contributed by atoms with Gasteiger partial charge in [0.1, 0.15) is 34.7 Å². The Hall–Kier alpha value is -3.20. The third kappa shape index (κ3) is 6.41. The molecular formula is C24H28N2O6S. The van der Waals surface area contributed by atoms with E-state index in [9.17, 15) is 14.4 Å². The Bertz CT molecular complexity index is 1220. The van der Waals surface area contributed by atoms with Crippen LogP contribution in [-0.2, 0) is 16.0 Å². The van der Waals surface area contributed by atoms with Crippen LogP contribution < -0.4 is 15.5 Å². The SMILES string of the molecule is CCCCc1cc2c(=O)c(-c3nc(C)cs3)coc2cc1OC(=O)CNC(=O)OC(C)(C)C. The highest BCUT2D eigenvalue weighted by Crippen LogP contribution is 2.29. The molecule has 2 aromatic heterocycles. The van der Waals surface area contributed by atoms with Crippen molar-refractivity contribution in [1.29, 1.82) is 0 Å². The zero-order chi connectivity index (χ0) is 24.2. The van der Waals surface area contributed by atoms with E-state index in [1.807, 2.05) is 12.3 Å². The molecule has 0 aliphatic carbocycles. The van der Waals surface area contributed by atoms with Crippen LogP contribution in [0.1, 0.15) is 51.8 Å². The lowest BCUT2D eigenvalue weighted by Crippen LogP contribution is -2.36. The molecule has 0 bridgehead atoms. The van der Waals surface area contributed by atoms with Crippen molar-refractivity contribution >= 4 is 34.4 Å². The highest BCUT2D eigenvalue weighted by molar-refractivity contribution is 7.13. The molecule has 33 heavy (non-hydrogen) atoms. The van der Waals surface area contributed by atoms with Gasteiger partial charge in [0.15, 0.2) is 0 Å². The number of fused-ring (bicyclic) bond motifs is 1. The van der Waals surface area contributed by atoms with Crippen LogP contribution in [0.2, 0.25) is 0 Å². The molecule has 176 valence electrons. The molecule has 0 saturated carbocycles. The number of aromatic nitrogens is 1. The summed E-state index contributed by atoms with van der Waals surface area (Å²) in [4.78, 5) is 41.7. The second kappa shape index (κ2) is 10.2. The average Bonchev–Trinajstić information content (AvgIpc) is 3.16. The Morgan fingerprint density at radius 3 is 2.64 bits per heavy atom. The molecule has 3 aromatic rings. The van der Waals surface area contributed by atoms with Gasteiger partial charge in [0.2, 0.25) is 5.43 Å². The van der Waals surface area contributed by atoms with E-state index in [4.69, 9.17) is 13.9 Å². The van der Waals surface area contributed by atoms with E-state index in [2.05, 4.69) is 17.2 Å². The summed E-state index contributed by atoms with van der Waals surface area (Å²) in [6, 6.07) is 3.26. The molecule has 0 fully saturated rings. The number of carbonyl (C=O) groups excluding carboxylic acids is 2. The number of nitrogens with zero attached hydrogens (tertiary/aromatic N) is 1. The number of hydrogen-bond acceptors (Lipinski definition) is 8. The number of amides is 1. The third-order valence-corrected chi connectivity index (χ3v) is 5.60. The number of alkyl carbamates (subject to hydrolysis) is 1. The molecule has 2 heterocycles. The molecule has 0 aliphatic heterocycles. The van der Waals surface area contributed by atoms with Gasteiger partial charge < -0.3 is 19.2 Å². The van der Waals surface area contributed by atoms with Crippen LogP contribution in [0.25, 0.3) is 21.5 Å². The highest BCUT2D eigenvalue weighted by Gasteiger charge is 2.19.